The van der Waals surface area contributed by atoms with Gasteiger partial charge < -0.3 is 50.4 Å². The molecule has 1 aromatic heterocycles. The van der Waals surface area contributed by atoms with E-state index in [1.807, 2.05) is 45.9 Å². The third-order valence-electron chi connectivity index (χ3n) is 10.2. The highest BCUT2D eigenvalue weighted by molar-refractivity contribution is 5.95. The first kappa shape index (κ1) is 40.0. The van der Waals surface area contributed by atoms with Crippen molar-refractivity contribution in [3.05, 3.63) is 35.7 Å². The van der Waals surface area contributed by atoms with Gasteiger partial charge in [-0.05, 0) is 55.2 Å². The Morgan fingerprint density at radius 2 is 1.61 bits per heavy atom. The van der Waals surface area contributed by atoms with E-state index in [-0.39, 0.29) is 53.5 Å². The zero-order valence-electron chi connectivity index (χ0n) is 32.7. The van der Waals surface area contributed by atoms with Crippen LogP contribution in [-0.2, 0) is 19.1 Å². The van der Waals surface area contributed by atoms with Crippen LogP contribution >= 0.6 is 0 Å². The molecule has 1 saturated heterocycles. The lowest BCUT2D eigenvalue weighted by Gasteiger charge is -2.31. The first-order valence-corrected chi connectivity index (χ1v) is 19.2. The first-order chi connectivity index (χ1) is 26.9. The number of unbranched alkanes of at least 4 members (excludes halogenated alkanes) is 1. The van der Waals surface area contributed by atoms with Crippen molar-refractivity contribution in [3.63, 3.8) is 0 Å². The molecule has 6 rings (SSSR count). The van der Waals surface area contributed by atoms with Crippen molar-refractivity contribution in [2.75, 3.05) is 40.4 Å². The third kappa shape index (κ3) is 9.22. The van der Waals surface area contributed by atoms with Crippen LogP contribution in [0.15, 0.2) is 34.4 Å². The van der Waals surface area contributed by atoms with Crippen molar-refractivity contribution in [2.45, 2.75) is 90.0 Å². The molecule has 302 valence electrons. The molecule has 0 saturated carbocycles. The predicted molar refractivity (Wildman–Crippen MR) is 205 cm³/mol. The van der Waals surface area contributed by atoms with Crippen LogP contribution in [0.2, 0.25) is 0 Å². The van der Waals surface area contributed by atoms with Crippen molar-refractivity contribution in [2.24, 2.45) is 21.8 Å². The van der Waals surface area contributed by atoms with E-state index in [2.05, 4.69) is 36.3 Å². The summed E-state index contributed by atoms with van der Waals surface area (Å²) in [6, 6.07) is 3.84. The summed E-state index contributed by atoms with van der Waals surface area (Å²) in [6.45, 7) is 9.55. The summed E-state index contributed by atoms with van der Waals surface area (Å²) >= 11 is 0. The Kier molecular flexibility index (Phi) is 12.7. The molecule has 0 bridgehead atoms. The van der Waals surface area contributed by atoms with Crippen molar-refractivity contribution in [1.82, 2.24) is 41.5 Å². The van der Waals surface area contributed by atoms with Gasteiger partial charge in [0.25, 0.3) is 11.8 Å². The summed E-state index contributed by atoms with van der Waals surface area (Å²) in [5.41, 5.74) is 1.62. The third-order valence-corrected chi connectivity index (χ3v) is 10.2. The van der Waals surface area contributed by atoms with Crippen LogP contribution in [0.1, 0.15) is 83.1 Å². The second-order valence-corrected chi connectivity index (χ2v) is 14.9. The minimum atomic E-state index is -0.711. The summed E-state index contributed by atoms with van der Waals surface area (Å²) in [4.78, 5) is 70.1. The van der Waals surface area contributed by atoms with Gasteiger partial charge in [0, 0.05) is 19.5 Å². The number of nitrogens with zero attached hydrogens (tertiary/aromatic N) is 5. The van der Waals surface area contributed by atoms with Gasteiger partial charge in [0.15, 0.2) is 11.5 Å². The van der Waals surface area contributed by atoms with Gasteiger partial charge in [0.2, 0.25) is 11.8 Å². The quantitative estimate of drug-likeness (QED) is 0.149. The van der Waals surface area contributed by atoms with Crippen LogP contribution in [0.4, 0.5) is 9.59 Å². The number of hydrogen-bond acceptors (Lipinski definition) is 14. The normalized spacial score (nSPS) is 20.6. The number of aliphatic imine (C=N–C) groups is 2. The van der Waals surface area contributed by atoms with Gasteiger partial charge in [-0.1, -0.05) is 33.8 Å². The van der Waals surface area contributed by atoms with Crippen LogP contribution in [-0.4, -0.2) is 109 Å². The topological polar surface area (TPSA) is 219 Å². The number of amidine groups is 2. The molecule has 4 amide bonds. The zero-order chi connectivity index (χ0) is 39.9. The molecule has 5 heterocycles. The first-order valence-electron chi connectivity index (χ1n) is 19.2. The van der Waals surface area contributed by atoms with Crippen LogP contribution in [0, 0.1) is 11.8 Å². The number of methoxy groups -OCH3 is 2. The fourth-order valence-corrected chi connectivity index (χ4v) is 7.11. The number of amides is 4. The van der Waals surface area contributed by atoms with E-state index in [0.717, 1.165) is 43.5 Å². The Morgan fingerprint density at radius 1 is 0.893 bits per heavy atom. The smallest absolute Gasteiger partial charge is 0.407 e. The molecule has 0 radical (unpaired) electrons. The minimum absolute atomic E-state index is 0.0289. The highest BCUT2D eigenvalue weighted by Gasteiger charge is 2.40. The number of rotatable bonds is 14. The molecule has 18 nitrogen and oxygen atoms in total. The summed E-state index contributed by atoms with van der Waals surface area (Å²) in [6.07, 6.45) is 4.27. The molecule has 1 aromatic carbocycles. The van der Waals surface area contributed by atoms with Gasteiger partial charge >= 0.3 is 12.2 Å². The van der Waals surface area contributed by atoms with Gasteiger partial charge in [0.1, 0.15) is 17.9 Å². The number of hydrogen-bond donors (Lipinski definition) is 5. The van der Waals surface area contributed by atoms with E-state index in [0.29, 0.717) is 49.2 Å². The molecule has 2 unspecified atom stereocenters. The average Bonchev–Trinajstić information content (AvgIpc) is 3.99. The van der Waals surface area contributed by atoms with Crippen molar-refractivity contribution in [1.29, 1.82) is 0 Å². The lowest BCUT2D eigenvalue weighted by molar-refractivity contribution is -0.134. The molecule has 18 heteroatoms. The summed E-state index contributed by atoms with van der Waals surface area (Å²) in [7, 11) is 2.55. The second kappa shape index (κ2) is 17.8. The number of carbonyl (C=O) groups is 4. The lowest BCUT2D eigenvalue weighted by atomic mass is 10.0. The monoisotopic (exact) mass is 776 g/mol. The highest BCUT2D eigenvalue weighted by atomic mass is 16.6. The fourth-order valence-electron chi connectivity index (χ4n) is 7.11. The SMILES string of the molecule is COC(=O)N[C@H](C(=O)NCCCCC1=NCC(c2ccc3c(c2)Oc2ncc(C4CN=C([C@@H]5CCCN5C(=O)[C@@H](NC(=O)OC)C(C)C)N4)nc2O3)N1)C(C)C. The van der Waals surface area contributed by atoms with E-state index < -0.39 is 24.3 Å². The Balaban J connectivity index is 0.977. The Bertz CT molecular complexity index is 1850. The van der Waals surface area contributed by atoms with Crippen molar-refractivity contribution >= 4 is 35.7 Å². The summed E-state index contributed by atoms with van der Waals surface area (Å²) in [5, 5.41) is 15.1. The average molecular weight is 777 g/mol. The fraction of sp³-hybridized carbons (Fsp3) is 0.579. The van der Waals surface area contributed by atoms with E-state index in [1.165, 1.54) is 14.2 Å². The van der Waals surface area contributed by atoms with Gasteiger partial charge in [0.05, 0.1) is 63.2 Å². The number of carbonyl (C=O) groups excluding carboxylic acids is 4. The largest absolute Gasteiger partial charge is 0.453 e. The molecule has 0 spiro atoms. The Labute approximate surface area is 326 Å². The zero-order valence-corrected chi connectivity index (χ0v) is 32.7. The predicted octanol–water partition coefficient (Wildman–Crippen LogP) is 3.50. The molecule has 4 aliphatic rings. The van der Waals surface area contributed by atoms with Gasteiger partial charge in [-0.3, -0.25) is 19.6 Å². The van der Waals surface area contributed by atoms with Gasteiger partial charge in [-0.2, -0.15) is 0 Å². The highest BCUT2D eigenvalue weighted by Crippen LogP contribution is 2.44. The van der Waals surface area contributed by atoms with Crippen molar-refractivity contribution in [3.8, 4) is 23.3 Å². The maximum atomic E-state index is 13.6. The molecular weight excluding hydrogens is 724 g/mol. The Hall–Kier alpha value is -5.68. The second-order valence-electron chi connectivity index (χ2n) is 14.9. The number of alkyl carbamates (subject to hydrolysis) is 2. The van der Waals surface area contributed by atoms with Crippen LogP contribution in [0.5, 0.6) is 23.3 Å². The molecule has 5 atom stereocenters. The lowest BCUT2D eigenvalue weighted by Crippen LogP contribution is -2.54. The molecular formula is C38H52N10O8. The minimum Gasteiger partial charge on any atom is -0.453 e. The number of ether oxygens (including phenoxy) is 4. The number of nitrogens with one attached hydrogen (secondary N) is 5. The summed E-state index contributed by atoms with van der Waals surface area (Å²) < 4.78 is 21.7. The molecule has 56 heavy (non-hydrogen) atoms. The van der Waals surface area contributed by atoms with Gasteiger partial charge in [-0.25, -0.2) is 19.6 Å². The van der Waals surface area contributed by atoms with Crippen LogP contribution < -0.4 is 36.1 Å². The van der Waals surface area contributed by atoms with Crippen LogP contribution in [0.3, 0.4) is 0 Å². The van der Waals surface area contributed by atoms with E-state index in [9.17, 15) is 19.2 Å². The van der Waals surface area contributed by atoms with Crippen molar-refractivity contribution < 1.29 is 38.1 Å². The number of likely N-dealkylation sites (tertiary alicyclic amines) is 1. The molecule has 4 aliphatic heterocycles. The van der Waals surface area contributed by atoms with Gasteiger partial charge in [-0.15, -0.1) is 0 Å². The maximum Gasteiger partial charge on any atom is 0.407 e. The Morgan fingerprint density at radius 3 is 2.34 bits per heavy atom. The number of fused-ring (bicyclic) bond motifs is 2. The number of aromatic nitrogens is 2. The summed E-state index contributed by atoms with van der Waals surface area (Å²) in [5.74, 6) is 2.57. The van der Waals surface area contributed by atoms with Crippen LogP contribution in [0.25, 0.3) is 0 Å². The molecule has 1 fully saturated rings. The standard InChI is InChI=1S/C38H52N10O8/c1-20(2)30(46-37(51)53-5)33(49)39-14-8-7-11-29-40-17-23(43-29)22-12-13-27-28(16-22)56-34-35(55-27)45-25(19-42-34)24-18-41-32(44-24)26-10-9-15-48(26)36(50)31(21(3)4)47-38(52)54-6/h12-13,16,19-21,23-24,26,30-31H,7-11,14-15,17-18H2,1-6H3,(H,39,49)(H,40,43)(H,41,44)(H,46,51)(H,47,52)/t23?,24?,26-,30-,31-/m0/s1. The van der Waals surface area contributed by atoms with E-state index >= 15 is 0 Å². The molecule has 5 N–H and O–H groups in total. The number of benzene rings is 1. The van der Waals surface area contributed by atoms with E-state index in [1.54, 1.807) is 11.1 Å². The molecule has 2 aromatic rings. The van der Waals surface area contributed by atoms with E-state index in [4.69, 9.17) is 29.2 Å². The maximum absolute atomic E-state index is 13.6. The molecule has 0 aliphatic carbocycles.